The average Bonchev–Trinajstić information content (AvgIpc) is 3.24. The molecular weight excluding hydrogens is 432 g/mol. The number of carbonyl (C=O) groups is 2. The van der Waals surface area contributed by atoms with Crippen LogP contribution in [-0.4, -0.2) is 40.7 Å². The quantitative estimate of drug-likeness (QED) is 0.403. The SMILES string of the molecule is COc1cc2[nH]c3c(Nc4cccc5c4C(=O)c4ccccc4C5=O)ncnc3c2cc1OC. The lowest BCUT2D eigenvalue weighted by Gasteiger charge is -2.20. The molecular formula is C26H18N4O4. The summed E-state index contributed by atoms with van der Waals surface area (Å²) < 4.78 is 10.8. The minimum Gasteiger partial charge on any atom is -0.493 e. The van der Waals surface area contributed by atoms with Gasteiger partial charge in [0.05, 0.1) is 31.0 Å². The van der Waals surface area contributed by atoms with Crippen LogP contribution in [-0.2, 0) is 0 Å². The van der Waals surface area contributed by atoms with Crippen LogP contribution in [0.3, 0.4) is 0 Å². The Morgan fingerprint density at radius 1 is 0.824 bits per heavy atom. The number of aromatic amines is 1. The molecule has 0 bridgehead atoms. The van der Waals surface area contributed by atoms with Crippen LogP contribution in [0.1, 0.15) is 31.8 Å². The molecule has 1 aliphatic rings. The number of carbonyl (C=O) groups excluding carboxylic acids is 2. The van der Waals surface area contributed by atoms with Crippen molar-refractivity contribution in [1.82, 2.24) is 15.0 Å². The zero-order chi connectivity index (χ0) is 23.4. The molecule has 0 radical (unpaired) electrons. The smallest absolute Gasteiger partial charge is 0.196 e. The van der Waals surface area contributed by atoms with Gasteiger partial charge in [-0.25, -0.2) is 9.97 Å². The summed E-state index contributed by atoms with van der Waals surface area (Å²) in [5.74, 6) is 1.27. The second kappa shape index (κ2) is 7.41. The number of methoxy groups -OCH3 is 2. The van der Waals surface area contributed by atoms with E-state index in [4.69, 9.17) is 9.47 Å². The maximum absolute atomic E-state index is 13.3. The lowest BCUT2D eigenvalue weighted by molar-refractivity contribution is 0.0979. The number of H-pyrrole nitrogens is 1. The van der Waals surface area contributed by atoms with Gasteiger partial charge < -0.3 is 19.8 Å². The van der Waals surface area contributed by atoms with Crippen LogP contribution in [0.25, 0.3) is 21.9 Å². The normalized spacial score (nSPS) is 12.5. The van der Waals surface area contributed by atoms with Crippen LogP contribution >= 0.6 is 0 Å². The van der Waals surface area contributed by atoms with Crippen molar-refractivity contribution in [2.24, 2.45) is 0 Å². The van der Waals surface area contributed by atoms with Crippen molar-refractivity contribution in [2.75, 3.05) is 19.5 Å². The first-order valence-electron chi connectivity index (χ1n) is 10.6. The highest BCUT2D eigenvalue weighted by Gasteiger charge is 2.31. The van der Waals surface area contributed by atoms with E-state index in [1.807, 2.05) is 12.1 Å². The van der Waals surface area contributed by atoms with Crippen LogP contribution < -0.4 is 14.8 Å². The van der Waals surface area contributed by atoms with E-state index in [0.29, 0.717) is 56.3 Å². The molecule has 0 fully saturated rings. The lowest BCUT2D eigenvalue weighted by atomic mass is 9.83. The topological polar surface area (TPSA) is 106 Å². The van der Waals surface area contributed by atoms with E-state index in [2.05, 4.69) is 20.3 Å². The molecule has 2 N–H and O–H groups in total. The number of nitrogens with one attached hydrogen (secondary N) is 2. The van der Waals surface area contributed by atoms with Gasteiger partial charge in [0.1, 0.15) is 17.4 Å². The van der Waals surface area contributed by atoms with Gasteiger partial charge in [-0.05, 0) is 12.1 Å². The Bertz CT molecular complexity index is 1650. The molecule has 6 rings (SSSR count). The van der Waals surface area contributed by atoms with E-state index < -0.39 is 0 Å². The molecule has 2 aromatic heterocycles. The van der Waals surface area contributed by atoms with Crippen molar-refractivity contribution in [1.29, 1.82) is 0 Å². The van der Waals surface area contributed by atoms with Crippen LogP contribution in [0.5, 0.6) is 11.5 Å². The molecule has 8 heteroatoms. The number of hydrogen-bond donors (Lipinski definition) is 2. The number of ketones is 2. The molecule has 0 amide bonds. The number of anilines is 2. The van der Waals surface area contributed by atoms with Gasteiger partial charge in [-0.3, -0.25) is 9.59 Å². The van der Waals surface area contributed by atoms with E-state index in [0.717, 1.165) is 10.9 Å². The number of fused-ring (bicyclic) bond motifs is 5. The maximum Gasteiger partial charge on any atom is 0.196 e. The molecule has 0 saturated heterocycles. The van der Waals surface area contributed by atoms with E-state index in [-0.39, 0.29) is 11.6 Å². The van der Waals surface area contributed by atoms with Gasteiger partial charge in [-0.15, -0.1) is 0 Å². The van der Waals surface area contributed by atoms with Crippen molar-refractivity contribution in [3.63, 3.8) is 0 Å². The molecule has 1 aliphatic carbocycles. The van der Waals surface area contributed by atoms with Crippen LogP contribution in [0.4, 0.5) is 11.5 Å². The fourth-order valence-corrected chi connectivity index (χ4v) is 4.49. The van der Waals surface area contributed by atoms with Gasteiger partial charge in [0.15, 0.2) is 28.9 Å². The lowest BCUT2D eigenvalue weighted by Crippen LogP contribution is -2.22. The van der Waals surface area contributed by atoms with Crippen molar-refractivity contribution in [2.45, 2.75) is 0 Å². The molecule has 0 atom stereocenters. The van der Waals surface area contributed by atoms with E-state index in [9.17, 15) is 9.59 Å². The first-order valence-corrected chi connectivity index (χ1v) is 10.6. The molecule has 0 saturated carbocycles. The highest BCUT2D eigenvalue weighted by Crippen LogP contribution is 2.38. The van der Waals surface area contributed by atoms with E-state index in [1.54, 1.807) is 56.7 Å². The van der Waals surface area contributed by atoms with E-state index in [1.165, 1.54) is 6.33 Å². The first-order chi connectivity index (χ1) is 16.6. The number of hydrogen-bond acceptors (Lipinski definition) is 7. The molecule has 0 aliphatic heterocycles. The third kappa shape index (κ3) is 2.78. The standard InChI is InChI=1S/C26H18N4O4/c1-33-19-10-16-18(11-20(19)34-2)29-23-22(16)27-12-28-26(23)30-17-9-5-8-15-21(17)25(32)14-7-4-3-6-13(14)24(15)31/h3-12,29H,1-2H3,(H,27,28,30). The second-order valence-electron chi connectivity index (χ2n) is 7.88. The Morgan fingerprint density at radius 3 is 2.29 bits per heavy atom. The highest BCUT2D eigenvalue weighted by atomic mass is 16.5. The van der Waals surface area contributed by atoms with E-state index >= 15 is 0 Å². The van der Waals surface area contributed by atoms with Crippen molar-refractivity contribution in [3.8, 4) is 11.5 Å². The number of ether oxygens (including phenoxy) is 2. The third-order valence-corrected chi connectivity index (χ3v) is 6.09. The Morgan fingerprint density at radius 2 is 1.53 bits per heavy atom. The zero-order valence-corrected chi connectivity index (χ0v) is 18.3. The number of aromatic nitrogens is 3. The van der Waals surface area contributed by atoms with Gasteiger partial charge in [-0.1, -0.05) is 36.4 Å². The molecule has 0 unspecified atom stereocenters. The fourth-order valence-electron chi connectivity index (χ4n) is 4.49. The third-order valence-electron chi connectivity index (χ3n) is 6.09. The molecule has 8 nitrogen and oxygen atoms in total. The van der Waals surface area contributed by atoms with Gasteiger partial charge in [0.2, 0.25) is 0 Å². The predicted molar refractivity (Wildman–Crippen MR) is 128 cm³/mol. The number of nitrogens with zero attached hydrogens (tertiary/aromatic N) is 2. The summed E-state index contributed by atoms with van der Waals surface area (Å²) in [6, 6.07) is 15.8. The summed E-state index contributed by atoms with van der Waals surface area (Å²) in [7, 11) is 3.16. The summed E-state index contributed by atoms with van der Waals surface area (Å²) in [5.41, 5.74) is 4.14. The Balaban J connectivity index is 1.51. The van der Waals surface area contributed by atoms with Crippen LogP contribution in [0, 0.1) is 0 Å². The molecule has 34 heavy (non-hydrogen) atoms. The fraction of sp³-hybridized carbons (Fsp3) is 0.0769. The van der Waals surface area contributed by atoms with Crippen LogP contribution in [0.2, 0.25) is 0 Å². The van der Waals surface area contributed by atoms with Crippen LogP contribution in [0.15, 0.2) is 60.9 Å². The molecule has 0 spiro atoms. The predicted octanol–water partition coefficient (Wildman–Crippen LogP) is 4.65. The molecule has 166 valence electrons. The minimum absolute atomic E-state index is 0.175. The second-order valence-corrected chi connectivity index (χ2v) is 7.88. The number of benzene rings is 3. The van der Waals surface area contributed by atoms with Crippen molar-refractivity contribution < 1.29 is 19.1 Å². The first kappa shape index (κ1) is 19.9. The maximum atomic E-state index is 13.3. The monoisotopic (exact) mass is 450 g/mol. The Kier molecular flexibility index (Phi) is 4.35. The zero-order valence-electron chi connectivity index (χ0n) is 18.3. The molecule has 3 aromatic carbocycles. The largest absolute Gasteiger partial charge is 0.493 e. The Hall–Kier alpha value is -4.72. The van der Waals surface area contributed by atoms with Gasteiger partial charge in [0, 0.05) is 28.1 Å². The average molecular weight is 450 g/mol. The molecule has 5 aromatic rings. The summed E-state index contributed by atoms with van der Waals surface area (Å²) >= 11 is 0. The van der Waals surface area contributed by atoms with Gasteiger partial charge in [-0.2, -0.15) is 0 Å². The number of rotatable bonds is 4. The summed E-state index contributed by atoms with van der Waals surface area (Å²) in [6.45, 7) is 0. The van der Waals surface area contributed by atoms with Gasteiger partial charge in [0.25, 0.3) is 0 Å². The summed E-state index contributed by atoms with van der Waals surface area (Å²) in [5, 5.41) is 4.10. The summed E-state index contributed by atoms with van der Waals surface area (Å²) in [4.78, 5) is 38.6. The molecule has 2 heterocycles. The minimum atomic E-state index is -0.204. The van der Waals surface area contributed by atoms with Crippen molar-refractivity contribution in [3.05, 3.63) is 83.2 Å². The Labute approximate surface area is 193 Å². The van der Waals surface area contributed by atoms with Crippen molar-refractivity contribution >= 4 is 45.0 Å². The summed E-state index contributed by atoms with van der Waals surface area (Å²) in [6.07, 6.45) is 1.45. The highest BCUT2D eigenvalue weighted by molar-refractivity contribution is 6.30. The van der Waals surface area contributed by atoms with Gasteiger partial charge >= 0.3 is 0 Å².